The lowest BCUT2D eigenvalue weighted by atomic mass is 9.77. The van der Waals surface area contributed by atoms with Gasteiger partial charge in [-0.15, -0.1) is 0 Å². The fourth-order valence-electron chi connectivity index (χ4n) is 4.66. The molecular weight excluding hydrogens is 428 g/mol. The number of hydrogen-bond acceptors (Lipinski definition) is 6. The SMILES string of the molecule is CCOC(=O)C1(CC)CCCN(Cc2cccc(OCc3nc(-c4ccccc4)oc3C)c2)C1. The molecule has 6 heteroatoms. The summed E-state index contributed by atoms with van der Waals surface area (Å²) in [4.78, 5) is 19.6. The number of oxazole rings is 1. The van der Waals surface area contributed by atoms with Crippen LogP contribution in [0.25, 0.3) is 11.5 Å². The van der Waals surface area contributed by atoms with Crippen LogP contribution in [0.4, 0.5) is 0 Å². The topological polar surface area (TPSA) is 64.8 Å². The monoisotopic (exact) mass is 462 g/mol. The first-order chi connectivity index (χ1) is 16.5. The normalized spacial score (nSPS) is 18.6. The Morgan fingerprint density at radius 2 is 1.97 bits per heavy atom. The maximum absolute atomic E-state index is 12.7. The Morgan fingerprint density at radius 3 is 2.74 bits per heavy atom. The predicted octanol–water partition coefficient (Wildman–Crippen LogP) is 5.78. The average Bonchev–Trinajstić information content (AvgIpc) is 3.24. The van der Waals surface area contributed by atoms with Gasteiger partial charge in [0.15, 0.2) is 0 Å². The minimum absolute atomic E-state index is 0.0582. The van der Waals surface area contributed by atoms with E-state index in [2.05, 4.69) is 28.9 Å². The number of piperidine rings is 1. The average molecular weight is 463 g/mol. The van der Waals surface area contributed by atoms with Gasteiger partial charge in [0.1, 0.15) is 23.8 Å². The zero-order valence-electron chi connectivity index (χ0n) is 20.4. The minimum Gasteiger partial charge on any atom is -0.487 e. The minimum atomic E-state index is -0.399. The molecule has 6 nitrogen and oxygen atoms in total. The van der Waals surface area contributed by atoms with Gasteiger partial charge in [-0.3, -0.25) is 9.69 Å². The lowest BCUT2D eigenvalue weighted by molar-refractivity contribution is -0.159. The van der Waals surface area contributed by atoms with Gasteiger partial charge < -0.3 is 13.9 Å². The maximum atomic E-state index is 12.7. The van der Waals surface area contributed by atoms with E-state index in [0.29, 0.717) is 19.1 Å². The second-order valence-electron chi connectivity index (χ2n) is 8.99. The van der Waals surface area contributed by atoms with Crippen LogP contribution in [0.2, 0.25) is 0 Å². The van der Waals surface area contributed by atoms with Crippen molar-refractivity contribution in [3.05, 3.63) is 71.6 Å². The maximum Gasteiger partial charge on any atom is 0.313 e. The summed E-state index contributed by atoms with van der Waals surface area (Å²) in [6.45, 7) is 9.13. The molecule has 1 atom stereocenters. The highest BCUT2D eigenvalue weighted by Crippen LogP contribution is 2.35. The molecule has 0 N–H and O–H groups in total. The number of nitrogens with zero attached hydrogens (tertiary/aromatic N) is 2. The Morgan fingerprint density at radius 1 is 1.15 bits per heavy atom. The Labute approximate surface area is 201 Å². The van der Waals surface area contributed by atoms with E-state index in [9.17, 15) is 4.79 Å². The molecule has 2 aromatic carbocycles. The van der Waals surface area contributed by atoms with Crippen molar-refractivity contribution in [1.29, 1.82) is 0 Å². The lowest BCUT2D eigenvalue weighted by Gasteiger charge is -2.40. The Hall–Kier alpha value is -3.12. The Kier molecular flexibility index (Phi) is 7.68. The number of carbonyl (C=O) groups is 1. The van der Waals surface area contributed by atoms with Crippen molar-refractivity contribution in [3.63, 3.8) is 0 Å². The predicted molar refractivity (Wildman–Crippen MR) is 131 cm³/mol. The molecule has 0 bridgehead atoms. The van der Waals surface area contributed by atoms with Gasteiger partial charge in [0, 0.05) is 18.7 Å². The number of aryl methyl sites for hydroxylation is 1. The fourth-order valence-corrected chi connectivity index (χ4v) is 4.66. The van der Waals surface area contributed by atoms with E-state index < -0.39 is 5.41 Å². The molecule has 3 aromatic rings. The number of carbonyl (C=O) groups excluding carboxylic acids is 1. The second-order valence-corrected chi connectivity index (χ2v) is 8.99. The molecule has 1 fully saturated rings. The second kappa shape index (κ2) is 10.9. The van der Waals surface area contributed by atoms with Gasteiger partial charge in [0.05, 0.1) is 12.0 Å². The van der Waals surface area contributed by atoms with Gasteiger partial charge in [-0.2, -0.15) is 0 Å². The third kappa shape index (κ3) is 5.50. The van der Waals surface area contributed by atoms with Crippen LogP contribution in [-0.4, -0.2) is 35.5 Å². The third-order valence-electron chi connectivity index (χ3n) is 6.63. The molecule has 180 valence electrons. The molecule has 1 aromatic heterocycles. The zero-order chi connectivity index (χ0) is 24.0. The first-order valence-electron chi connectivity index (χ1n) is 12.2. The molecule has 1 aliphatic heterocycles. The Bertz CT molecular complexity index is 1090. The highest BCUT2D eigenvalue weighted by atomic mass is 16.5. The van der Waals surface area contributed by atoms with Crippen LogP contribution < -0.4 is 4.74 Å². The lowest BCUT2D eigenvalue weighted by Crippen LogP contribution is -2.47. The van der Waals surface area contributed by atoms with Crippen LogP contribution in [0.1, 0.15) is 50.1 Å². The van der Waals surface area contributed by atoms with E-state index in [0.717, 1.165) is 67.2 Å². The number of hydrogen-bond donors (Lipinski definition) is 0. The molecule has 0 amide bonds. The summed E-state index contributed by atoms with van der Waals surface area (Å²) in [7, 11) is 0. The zero-order valence-corrected chi connectivity index (χ0v) is 20.4. The largest absolute Gasteiger partial charge is 0.487 e. The molecule has 34 heavy (non-hydrogen) atoms. The van der Waals surface area contributed by atoms with Gasteiger partial charge in [-0.1, -0.05) is 37.3 Å². The van der Waals surface area contributed by atoms with Crippen LogP contribution in [0.3, 0.4) is 0 Å². The highest BCUT2D eigenvalue weighted by molar-refractivity contribution is 5.77. The van der Waals surface area contributed by atoms with Crippen molar-refractivity contribution < 1.29 is 18.7 Å². The van der Waals surface area contributed by atoms with Gasteiger partial charge in [-0.25, -0.2) is 4.98 Å². The number of esters is 1. The number of likely N-dealkylation sites (tertiary alicyclic amines) is 1. The van der Waals surface area contributed by atoms with E-state index in [1.807, 2.05) is 56.3 Å². The molecule has 1 unspecified atom stereocenters. The van der Waals surface area contributed by atoms with E-state index in [1.54, 1.807) is 0 Å². The molecule has 0 saturated carbocycles. The van der Waals surface area contributed by atoms with E-state index in [1.165, 1.54) is 0 Å². The smallest absolute Gasteiger partial charge is 0.313 e. The van der Waals surface area contributed by atoms with Crippen LogP contribution in [0, 0.1) is 12.3 Å². The standard InChI is InChI=1S/C28H34N2O4/c1-4-28(27(31)32-5-2)15-10-16-30(20-28)18-22-11-9-14-24(17-22)33-19-25-21(3)34-26(29-25)23-12-7-6-8-13-23/h6-9,11-14,17H,4-5,10,15-16,18-20H2,1-3H3. The van der Waals surface area contributed by atoms with Crippen molar-refractivity contribution in [2.45, 2.75) is 53.2 Å². The summed E-state index contributed by atoms with van der Waals surface area (Å²) in [5.41, 5.74) is 2.51. The van der Waals surface area contributed by atoms with Gasteiger partial charge in [-0.05, 0) is 69.5 Å². The van der Waals surface area contributed by atoms with Crippen LogP contribution in [-0.2, 0) is 22.7 Å². The van der Waals surface area contributed by atoms with E-state index in [4.69, 9.17) is 13.9 Å². The van der Waals surface area contributed by atoms with Gasteiger partial charge in [0.25, 0.3) is 0 Å². The quantitative estimate of drug-likeness (QED) is 0.375. The van der Waals surface area contributed by atoms with Crippen LogP contribution in [0.15, 0.2) is 59.0 Å². The summed E-state index contributed by atoms with van der Waals surface area (Å²) in [6.07, 6.45) is 2.69. The van der Waals surface area contributed by atoms with Crippen molar-refractivity contribution >= 4 is 5.97 Å². The van der Waals surface area contributed by atoms with Gasteiger partial charge in [0.2, 0.25) is 5.89 Å². The molecule has 4 rings (SSSR count). The molecule has 1 aliphatic rings. The van der Waals surface area contributed by atoms with Crippen molar-refractivity contribution in [1.82, 2.24) is 9.88 Å². The van der Waals surface area contributed by atoms with Gasteiger partial charge >= 0.3 is 5.97 Å². The first kappa shape index (κ1) is 24.0. The van der Waals surface area contributed by atoms with Crippen molar-refractivity contribution in [3.8, 4) is 17.2 Å². The van der Waals surface area contributed by atoms with Crippen molar-refractivity contribution in [2.75, 3.05) is 19.7 Å². The molecule has 2 heterocycles. The molecular formula is C28H34N2O4. The van der Waals surface area contributed by atoms with Crippen LogP contribution in [0.5, 0.6) is 5.75 Å². The summed E-state index contributed by atoms with van der Waals surface area (Å²) >= 11 is 0. The summed E-state index contributed by atoms with van der Waals surface area (Å²) in [5.74, 6) is 2.11. The number of benzene rings is 2. The summed E-state index contributed by atoms with van der Waals surface area (Å²) in [5, 5.41) is 0. The fraction of sp³-hybridized carbons (Fsp3) is 0.429. The van der Waals surface area contributed by atoms with E-state index in [-0.39, 0.29) is 5.97 Å². The first-order valence-corrected chi connectivity index (χ1v) is 12.2. The highest BCUT2D eigenvalue weighted by Gasteiger charge is 2.41. The summed E-state index contributed by atoms with van der Waals surface area (Å²) < 4.78 is 17.3. The molecule has 1 saturated heterocycles. The molecule has 0 spiro atoms. The van der Waals surface area contributed by atoms with E-state index >= 15 is 0 Å². The van der Waals surface area contributed by atoms with Crippen molar-refractivity contribution in [2.24, 2.45) is 5.41 Å². The number of aromatic nitrogens is 1. The van der Waals surface area contributed by atoms with Crippen LogP contribution >= 0.6 is 0 Å². The number of ether oxygens (including phenoxy) is 2. The number of rotatable bonds is 9. The summed E-state index contributed by atoms with van der Waals surface area (Å²) in [6, 6.07) is 18.0. The Balaban J connectivity index is 1.39. The molecule has 0 aliphatic carbocycles. The third-order valence-corrected chi connectivity index (χ3v) is 6.63. The molecule has 0 radical (unpaired) electrons.